The van der Waals surface area contributed by atoms with E-state index in [2.05, 4.69) is 4.98 Å². The highest BCUT2D eigenvalue weighted by atomic mass is 32.2. The lowest BCUT2D eigenvalue weighted by atomic mass is 10.0. The molecule has 1 aromatic heterocycles. The average Bonchev–Trinajstić information content (AvgIpc) is 2.97. The Hall–Kier alpha value is -3.67. The van der Waals surface area contributed by atoms with Crippen LogP contribution in [0.5, 0.6) is 0 Å². The molecule has 3 amide bonds. The molecule has 0 spiro atoms. The number of aromatic nitrogens is 1. The number of fused-ring (bicyclic) bond motifs is 1. The first-order chi connectivity index (χ1) is 16.7. The highest BCUT2D eigenvalue weighted by Crippen LogP contribution is 2.37. The highest BCUT2D eigenvalue weighted by molar-refractivity contribution is 7.92. The molecule has 8 nitrogen and oxygen atoms in total. The van der Waals surface area contributed by atoms with Crippen LogP contribution >= 0.6 is 0 Å². The summed E-state index contributed by atoms with van der Waals surface area (Å²) in [6.45, 7) is 3.22. The maximum atomic E-state index is 13.5. The molecule has 1 fully saturated rings. The molecule has 0 saturated carbocycles. The van der Waals surface area contributed by atoms with Crippen LogP contribution in [-0.4, -0.2) is 55.4 Å². The largest absolute Gasteiger partial charge is 0.501 e. The first kappa shape index (κ1) is 25.4. The number of halogens is 3. The van der Waals surface area contributed by atoms with Crippen molar-refractivity contribution in [1.29, 1.82) is 0 Å². The van der Waals surface area contributed by atoms with Crippen LogP contribution in [0.2, 0.25) is 0 Å². The van der Waals surface area contributed by atoms with E-state index in [9.17, 15) is 31.2 Å². The summed E-state index contributed by atoms with van der Waals surface area (Å²) in [5, 5.41) is 0.805. The van der Waals surface area contributed by atoms with Crippen molar-refractivity contribution in [1.82, 2.24) is 9.88 Å². The number of nitrogens with zero attached hydrogens (tertiary/aromatic N) is 4. The molecule has 1 aliphatic heterocycles. The number of hydrogen-bond donors (Lipinski definition) is 0. The van der Waals surface area contributed by atoms with Crippen molar-refractivity contribution in [2.45, 2.75) is 36.3 Å². The quantitative estimate of drug-likeness (QED) is 0.465. The molecule has 1 aliphatic rings. The Kier molecular flexibility index (Phi) is 5.98. The SMILES string of the molecule is CN(C)c1cnc2ccccc2c1CN1C(=O)N(c2ccc(S(=O)(=O)C(F)(F)F)cc2)C(=O)C1(C)C. The van der Waals surface area contributed by atoms with Gasteiger partial charge in [-0.1, -0.05) is 18.2 Å². The zero-order valence-electron chi connectivity index (χ0n) is 19.9. The van der Waals surface area contributed by atoms with Crippen LogP contribution in [-0.2, 0) is 21.2 Å². The standard InChI is InChI=1S/C24H23F3N4O4S/c1-23(2)21(32)31(15-9-11-16(12-10-15)36(34,35)24(25,26)27)22(33)30(23)14-18-17-7-5-6-8-19(17)28-13-20(18)29(3)4/h5-13H,14H2,1-4H3. The summed E-state index contributed by atoms with van der Waals surface area (Å²) in [5.41, 5.74) is -4.55. The number of benzene rings is 2. The maximum absolute atomic E-state index is 13.5. The summed E-state index contributed by atoms with van der Waals surface area (Å²) in [5.74, 6) is -0.594. The first-order valence-corrected chi connectivity index (χ1v) is 12.3. The van der Waals surface area contributed by atoms with E-state index in [4.69, 9.17) is 0 Å². The monoisotopic (exact) mass is 520 g/mol. The van der Waals surface area contributed by atoms with Crippen molar-refractivity contribution in [3.05, 3.63) is 60.3 Å². The van der Waals surface area contributed by atoms with Gasteiger partial charge in [0.2, 0.25) is 0 Å². The van der Waals surface area contributed by atoms with Gasteiger partial charge in [-0.05, 0) is 44.2 Å². The molecule has 2 aromatic carbocycles. The van der Waals surface area contributed by atoms with Gasteiger partial charge in [-0.15, -0.1) is 0 Å². The van der Waals surface area contributed by atoms with Gasteiger partial charge in [0.05, 0.1) is 34.5 Å². The smallest absolute Gasteiger partial charge is 0.376 e. The summed E-state index contributed by atoms with van der Waals surface area (Å²) < 4.78 is 62.0. The van der Waals surface area contributed by atoms with E-state index < -0.39 is 37.7 Å². The first-order valence-electron chi connectivity index (χ1n) is 10.8. The molecule has 2 heterocycles. The number of urea groups is 1. The third-order valence-electron chi connectivity index (χ3n) is 6.20. The lowest BCUT2D eigenvalue weighted by Gasteiger charge is -2.30. The predicted octanol–water partition coefficient (Wildman–Crippen LogP) is 4.34. The third-order valence-corrected chi connectivity index (χ3v) is 7.70. The van der Waals surface area contributed by atoms with E-state index in [-0.39, 0.29) is 12.2 Å². The van der Waals surface area contributed by atoms with Gasteiger partial charge in [-0.2, -0.15) is 13.2 Å². The van der Waals surface area contributed by atoms with Crippen molar-refractivity contribution >= 4 is 44.1 Å². The molecular formula is C24H23F3N4O4S. The van der Waals surface area contributed by atoms with Gasteiger partial charge in [0.25, 0.3) is 15.7 Å². The molecule has 0 unspecified atom stereocenters. The van der Waals surface area contributed by atoms with Crippen molar-refractivity contribution in [2.24, 2.45) is 0 Å². The average molecular weight is 521 g/mol. The number of alkyl halides is 3. The van der Waals surface area contributed by atoms with Crippen LogP contribution in [0.1, 0.15) is 19.4 Å². The molecule has 0 atom stereocenters. The third kappa shape index (κ3) is 3.94. The van der Waals surface area contributed by atoms with Gasteiger partial charge in [0.15, 0.2) is 0 Å². The van der Waals surface area contributed by atoms with Crippen LogP contribution < -0.4 is 9.80 Å². The Morgan fingerprint density at radius 1 is 1.00 bits per heavy atom. The summed E-state index contributed by atoms with van der Waals surface area (Å²) in [4.78, 5) is 34.4. The molecule has 3 aromatic rings. The summed E-state index contributed by atoms with van der Waals surface area (Å²) in [6.07, 6.45) is 1.69. The highest BCUT2D eigenvalue weighted by Gasteiger charge is 2.52. The number of carbonyl (C=O) groups is 2. The Bertz CT molecular complexity index is 1470. The number of para-hydroxylation sites is 1. The Labute approximate surface area is 205 Å². The van der Waals surface area contributed by atoms with E-state index in [0.29, 0.717) is 5.52 Å². The molecule has 1 saturated heterocycles. The van der Waals surface area contributed by atoms with Crippen molar-refractivity contribution in [3.63, 3.8) is 0 Å². The van der Waals surface area contributed by atoms with E-state index in [1.165, 1.54) is 4.90 Å². The molecule has 190 valence electrons. The molecule has 12 heteroatoms. The maximum Gasteiger partial charge on any atom is 0.501 e. The van der Waals surface area contributed by atoms with E-state index in [1.54, 1.807) is 20.0 Å². The fourth-order valence-electron chi connectivity index (χ4n) is 4.13. The van der Waals surface area contributed by atoms with Gasteiger partial charge in [0.1, 0.15) is 5.54 Å². The van der Waals surface area contributed by atoms with E-state index in [0.717, 1.165) is 45.8 Å². The van der Waals surface area contributed by atoms with Crippen molar-refractivity contribution in [2.75, 3.05) is 23.9 Å². The molecular weight excluding hydrogens is 497 g/mol. The molecule has 0 bridgehead atoms. The summed E-state index contributed by atoms with van der Waals surface area (Å²) >= 11 is 0. The minimum Gasteiger partial charge on any atom is -0.376 e. The minimum absolute atomic E-state index is 0.0332. The van der Waals surface area contributed by atoms with E-state index >= 15 is 0 Å². The van der Waals surface area contributed by atoms with Gasteiger partial charge >= 0.3 is 11.5 Å². The number of carbonyl (C=O) groups excluding carboxylic acids is 2. The second-order valence-corrected chi connectivity index (χ2v) is 11.0. The van der Waals surface area contributed by atoms with Gasteiger partial charge in [-0.3, -0.25) is 9.78 Å². The Morgan fingerprint density at radius 3 is 2.19 bits per heavy atom. The fourth-order valence-corrected chi connectivity index (χ4v) is 4.90. The van der Waals surface area contributed by atoms with Crippen LogP contribution in [0.4, 0.5) is 29.3 Å². The number of anilines is 2. The number of hydrogen-bond acceptors (Lipinski definition) is 6. The second kappa shape index (κ2) is 8.47. The van der Waals surface area contributed by atoms with Crippen LogP contribution in [0, 0.1) is 0 Å². The normalized spacial score (nSPS) is 16.2. The molecule has 4 rings (SSSR count). The number of pyridine rings is 1. The zero-order chi connectivity index (χ0) is 26.6. The topological polar surface area (TPSA) is 90.9 Å². The van der Waals surface area contributed by atoms with Crippen molar-refractivity contribution in [3.8, 4) is 0 Å². The molecule has 0 N–H and O–H groups in total. The van der Waals surface area contributed by atoms with Crippen LogP contribution in [0.3, 0.4) is 0 Å². The van der Waals surface area contributed by atoms with Crippen molar-refractivity contribution < 1.29 is 31.2 Å². The fraction of sp³-hybridized carbons (Fsp3) is 0.292. The van der Waals surface area contributed by atoms with Gasteiger partial charge in [0, 0.05) is 25.0 Å². The lowest BCUT2D eigenvalue weighted by molar-refractivity contribution is -0.123. The van der Waals surface area contributed by atoms with Gasteiger partial charge in [-0.25, -0.2) is 18.1 Å². The number of rotatable bonds is 5. The zero-order valence-corrected chi connectivity index (χ0v) is 20.7. The lowest BCUT2D eigenvalue weighted by Crippen LogP contribution is -2.43. The number of sulfone groups is 1. The molecule has 0 aliphatic carbocycles. The van der Waals surface area contributed by atoms with E-state index in [1.807, 2.05) is 43.3 Å². The number of imide groups is 1. The molecule has 0 radical (unpaired) electrons. The Balaban J connectivity index is 1.74. The molecule has 36 heavy (non-hydrogen) atoms. The van der Waals surface area contributed by atoms with Gasteiger partial charge < -0.3 is 9.80 Å². The minimum atomic E-state index is -5.56. The number of amides is 3. The van der Waals surface area contributed by atoms with Crippen LogP contribution in [0.15, 0.2) is 59.6 Å². The second-order valence-electron chi connectivity index (χ2n) is 9.04. The Morgan fingerprint density at radius 2 is 1.61 bits per heavy atom. The summed E-state index contributed by atoms with van der Waals surface area (Å²) in [7, 11) is -1.89. The van der Waals surface area contributed by atoms with Crippen LogP contribution in [0.25, 0.3) is 10.9 Å². The predicted molar refractivity (Wildman–Crippen MR) is 128 cm³/mol. The summed E-state index contributed by atoms with van der Waals surface area (Å²) in [6, 6.07) is 10.2.